The van der Waals surface area contributed by atoms with Crippen LogP contribution in [0.2, 0.25) is 0 Å². The number of hydrogen-bond acceptors (Lipinski definition) is 3. The van der Waals surface area contributed by atoms with Crippen LogP contribution in [0.25, 0.3) is 0 Å². The number of rotatable bonds is 2. The van der Waals surface area contributed by atoms with E-state index in [4.69, 9.17) is 0 Å². The molecule has 0 aromatic heterocycles. The van der Waals surface area contributed by atoms with Gasteiger partial charge in [0.2, 0.25) is 0 Å². The number of carbonyl (C=O) groups is 1. The van der Waals surface area contributed by atoms with Gasteiger partial charge in [-0.1, -0.05) is 0 Å². The van der Waals surface area contributed by atoms with Gasteiger partial charge < -0.3 is 10.6 Å². The van der Waals surface area contributed by atoms with E-state index in [2.05, 4.69) is 10.6 Å². The van der Waals surface area contributed by atoms with Crippen LogP contribution in [0.4, 0.5) is 0 Å². The molecule has 2 saturated heterocycles. The van der Waals surface area contributed by atoms with E-state index < -0.39 is 0 Å². The maximum absolute atomic E-state index is 11.7. The van der Waals surface area contributed by atoms with Crippen LogP contribution in [-0.4, -0.2) is 31.0 Å². The second kappa shape index (κ2) is 3.54. The molecule has 68 valence electrons. The van der Waals surface area contributed by atoms with Gasteiger partial charge in [-0.25, -0.2) is 0 Å². The molecule has 12 heavy (non-hydrogen) atoms. The topological polar surface area (TPSA) is 41.1 Å². The van der Waals surface area contributed by atoms with Gasteiger partial charge >= 0.3 is 0 Å². The molecule has 0 aromatic carbocycles. The van der Waals surface area contributed by atoms with Gasteiger partial charge in [0.15, 0.2) is 5.78 Å². The summed E-state index contributed by atoms with van der Waals surface area (Å²) in [7, 11) is 0. The van der Waals surface area contributed by atoms with Crippen LogP contribution in [0.15, 0.2) is 0 Å². The van der Waals surface area contributed by atoms with Crippen LogP contribution in [0.5, 0.6) is 0 Å². The molecule has 0 unspecified atom stereocenters. The zero-order chi connectivity index (χ0) is 8.39. The van der Waals surface area contributed by atoms with Crippen molar-refractivity contribution in [1.82, 2.24) is 10.6 Å². The van der Waals surface area contributed by atoms with Crippen molar-refractivity contribution in [3.8, 4) is 0 Å². The number of carbonyl (C=O) groups excluding carboxylic acids is 1. The summed E-state index contributed by atoms with van der Waals surface area (Å²) in [6, 6.07) is 0.307. The molecular weight excluding hydrogens is 152 g/mol. The third kappa shape index (κ3) is 1.52. The fourth-order valence-electron chi connectivity index (χ4n) is 2.10. The highest BCUT2D eigenvalue weighted by Gasteiger charge is 2.30. The number of nitrogens with one attached hydrogen (secondary N) is 2. The molecule has 3 nitrogen and oxygen atoms in total. The molecule has 3 heteroatoms. The summed E-state index contributed by atoms with van der Waals surface area (Å²) >= 11 is 0. The van der Waals surface area contributed by atoms with Gasteiger partial charge in [-0.15, -0.1) is 0 Å². The molecule has 0 spiro atoms. The van der Waals surface area contributed by atoms with E-state index in [-0.39, 0.29) is 12.1 Å². The lowest BCUT2D eigenvalue weighted by Crippen LogP contribution is -2.42. The van der Waals surface area contributed by atoms with Gasteiger partial charge in [0, 0.05) is 0 Å². The Kier molecular flexibility index (Phi) is 2.42. The molecular formula is C9H16N2O. The van der Waals surface area contributed by atoms with Crippen molar-refractivity contribution in [1.29, 1.82) is 0 Å². The summed E-state index contributed by atoms with van der Waals surface area (Å²) in [5.41, 5.74) is 0. The zero-order valence-electron chi connectivity index (χ0n) is 7.31. The van der Waals surface area contributed by atoms with Crippen molar-refractivity contribution in [2.24, 2.45) is 0 Å². The van der Waals surface area contributed by atoms with E-state index in [1.54, 1.807) is 0 Å². The van der Waals surface area contributed by atoms with Crippen LogP contribution >= 0.6 is 0 Å². The standard InChI is InChI=1S/C9H16N2O/c12-9(7-3-1-5-10-7)8-4-2-6-11-8/h7-8,10-11H,1-6H2/t7-,8-/m1/s1. The minimum absolute atomic E-state index is 0.153. The molecule has 2 N–H and O–H groups in total. The molecule has 0 saturated carbocycles. The molecule has 2 aliphatic heterocycles. The summed E-state index contributed by atoms with van der Waals surface area (Å²) in [5.74, 6) is 0.394. The van der Waals surface area contributed by atoms with Crippen LogP contribution in [0.3, 0.4) is 0 Å². The molecule has 2 aliphatic rings. The average Bonchev–Trinajstić information content (AvgIpc) is 2.77. The number of Topliss-reactive ketones (excluding diaryl/α,β-unsaturated/α-hetero) is 1. The predicted molar refractivity (Wildman–Crippen MR) is 47.1 cm³/mol. The first-order valence-corrected chi connectivity index (χ1v) is 4.88. The quantitative estimate of drug-likeness (QED) is 0.612. The summed E-state index contributed by atoms with van der Waals surface area (Å²) < 4.78 is 0. The third-order valence-corrected chi connectivity index (χ3v) is 2.81. The van der Waals surface area contributed by atoms with E-state index in [1.165, 1.54) is 0 Å². The molecule has 0 radical (unpaired) electrons. The Morgan fingerprint density at radius 3 is 1.83 bits per heavy atom. The number of hydrogen-bond donors (Lipinski definition) is 2. The van der Waals surface area contributed by atoms with Crippen molar-refractivity contribution in [2.45, 2.75) is 37.8 Å². The summed E-state index contributed by atoms with van der Waals surface area (Å²) in [5, 5.41) is 6.49. The van der Waals surface area contributed by atoms with Crippen LogP contribution in [0.1, 0.15) is 25.7 Å². The minimum atomic E-state index is 0.153. The highest BCUT2D eigenvalue weighted by atomic mass is 16.1. The van der Waals surface area contributed by atoms with Crippen LogP contribution in [-0.2, 0) is 4.79 Å². The minimum Gasteiger partial charge on any atom is -0.307 e. The molecule has 0 amide bonds. The highest BCUT2D eigenvalue weighted by Crippen LogP contribution is 2.13. The Hall–Kier alpha value is -0.410. The van der Waals surface area contributed by atoms with E-state index in [1.807, 2.05) is 0 Å². The SMILES string of the molecule is O=C([C@H]1CCCN1)[C@H]1CCCN1. The number of ketones is 1. The molecule has 0 aliphatic carbocycles. The van der Waals surface area contributed by atoms with Gasteiger partial charge in [-0.05, 0) is 38.8 Å². The summed E-state index contributed by atoms with van der Waals surface area (Å²) in [6.07, 6.45) is 4.39. The van der Waals surface area contributed by atoms with E-state index in [0.29, 0.717) is 5.78 Å². The fraction of sp³-hybridized carbons (Fsp3) is 0.889. The Morgan fingerprint density at radius 1 is 1.00 bits per heavy atom. The Balaban J connectivity index is 1.89. The van der Waals surface area contributed by atoms with E-state index >= 15 is 0 Å². The first kappa shape index (κ1) is 8.20. The molecule has 2 atom stereocenters. The Labute approximate surface area is 72.9 Å². The maximum Gasteiger partial charge on any atom is 0.166 e. The molecule has 2 heterocycles. The van der Waals surface area contributed by atoms with E-state index in [0.717, 1.165) is 38.8 Å². The normalized spacial score (nSPS) is 35.7. The largest absolute Gasteiger partial charge is 0.307 e. The second-order valence-corrected chi connectivity index (χ2v) is 3.70. The molecule has 0 bridgehead atoms. The van der Waals surface area contributed by atoms with Crippen molar-refractivity contribution >= 4 is 5.78 Å². The van der Waals surface area contributed by atoms with Crippen molar-refractivity contribution < 1.29 is 4.79 Å². The van der Waals surface area contributed by atoms with Gasteiger partial charge in [0.05, 0.1) is 12.1 Å². The van der Waals surface area contributed by atoms with Crippen molar-refractivity contribution in [3.05, 3.63) is 0 Å². The maximum atomic E-state index is 11.7. The van der Waals surface area contributed by atoms with E-state index in [9.17, 15) is 4.79 Å². The summed E-state index contributed by atoms with van der Waals surface area (Å²) in [6.45, 7) is 2.03. The van der Waals surface area contributed by atoms with Gasteiger partial charge in [-0.2, -0.15) is 0 Å². The van der Waals surface area contributed by atoms with Crippen LogP contribution in [0, 0.1) is 0 Å². The highest BCUT2D eigenvalue weighted by molar-refractivity contribution is 5.89. The lowest BCUT2D eigenvalue weighted by atomic mass is 10.0. The first-order valence-electron chi connectivity index (χ1n) is 4.88. The second-order valence-electron chi connectivity index (χ2n) is 3.70. The van der Waals surface area contributed by atoms with Crippen molar-refractivity contribution in [2.75, 3.05) is 13.1 Å². The van der Waals surface area contributed by atoms with Crippen molar-refractivity contribution in [3.63, 3.8) is 0 Å². The van der Waals surface area contributed by atoms with Crippen LogP contribution < -0.4 is 10.6 Å². The van der Waals surface area contributed by atoms with Gasteiger partial charge in [0.25, 0.3) is 0 Å². The lowest BCUT2D eigenvalue weighted by molar-refractivity contribution is -0.122. The predicted octanol–water partition coefficient (Wildman–Crippen LogP) is 0.0595. The monoisotopic (exact) mass is 168 g/mol. The molecule has 2 fully saturated rings. The fourth-order valence-corrected chi connectivity index (χ4v) is 2.10. The lowest BCUT2D eigenvalue weighted by Gasteiger charge is -2.14. The summed E-state index contributed by atoms with van der Waals surface area (Å²) in [4.78, 5) is 11.7. The Bertz CT molecular complexity index is 151. The smallest absolute Gasteiger partial charge is 0.166 e. The van der Waals surface area contributed by atoms with Gasteiger partial charge in [0.1, 0.15) is 0 Å². The third-order valence-electron chi connectivity index (χ3n) is 2.81. The first-order chi connectivity index (χ1) is 5.88. The average molecular weight is 168 g/mol. The Morgan fingerprint density at radius 2 is 1.50 bits per heavy atom. The molecule has 0 aromatic rings. The molecule has 2 rings (SSSR count). The van der Waals surface area contributed by atoms with Gasteiger partial charge in [-0.3, -0.25) is 4.79 Å². The zero-order valence-corrected chi connectivity index (χ0v) is 7.31.